The van der Waals surface area contributed by atoms with Crippen molar-refractivity contribution in [3.63, 3.8) is 0 Å². The average Bonchev–Trinajstić information content (AvgIpc) is 2.41. The van der Waals surface area contributed by atoms with Crippen molar-refractivity contribution >= 4 is 23.7 Å². The summed E-state index contributed by atoms with van der Waals surface area (Å²) in [6.45, 7) is -0.000789. The van der Waals surface area contributed by atoms with Crippen LogP contribution < -0.4 is 11.1 Å². The van der Waals surface area contributed by atoms with E-state index < -0.39 is 24.1 Å². The van der Waals surface area contributed by atoms with Gasteiger partial charge in [0.2, 0.25) is 0 Å². The molecule has 1 atom stereocenters. The van der Waals surface area contributed by atoms with Crippen LogP contribution in [-0.4, -0.2) is 24.1 Å². The first-order valence-corrected chi connectivity index (χ1v) is 6.07. The molecule has 0 saturated carbocycles. The number of hydrogen-bond donors (Lipinski definition) is 2. The Kier molecular flexibility index (Phi) is 4.19. The number of hydrogen-bond acceptors (Lipinski definition) is 6. The number of alkyl carbamates (subject to hydrolysis) is 1. The summed E-state index contributed by atoms with van der Waals surface area (Å²) >= 11 is 0. The smallest absolute Gasteiger partial charge is 0.408 e. The Bertz CT molecular complexity index is 543. The Morgan fingerprint density at radius 2 is 2.15 bits per heavy atom. The van der Waals surface area contributed by atoms with E-state index in [2.05, 4.69) is 10.1 Å². The third-order valence-electron chi connectivity index (χ3n) is 2.84. The number of nitrogens with two attached hydrogens (primary N) is 1. The number of ether oxygens (including phenoxy) is 2. The van der Waals surface area contributed by atoms with Crippen LogP contribution in [0.15, 0.2) is 24.3 Å². The van der Waals surface area contributed by atoms with Crippen molar-refractivity contribution in [2.45, 2.75) is 25.5 Å². The molecule has 1 heterocycles. The molecule has 0 aliphatic carbocycles. The number of rotatable bonds is 3. The van der Waals surface area contributed by atoms with E-state index in [0.717, 1.165) is 0 Å². The standard InChI is InChI=1S/C13H14N2O5/c14-9-4-2-1-3-8(9)7-19-13(18)15-10-5-6-11(16)20-12(10)17/h1-4,10H,5-7,14H2,(H,15,18)/t10-/m0/s1. The number of carbonyl (C=O) groups excluding carboxylic acids is 3. The summed E-state index contributed by atoms with van der Waals surface area (Å²) in [6, 6.07) is 6.12. The molecule has 0 bridgehead atoms. The fourth-order valence-electron chi connectivity index (χ4n) is 1.74. The van der Waals surface area contributed by atoms with Crippen LogP contribution in [0, 0.1) is 0 Å². The number of cyclic esters (lactones) is 2. The summed E-state index contributed by atoms with van der Waals surface area (Å²) in [7, 11) is 0. The van der Waals surface area contributed by atoms with Crippen LogP contribution >= 0.6 is 0 Å². The molecule has 20 heavy (non-hydrogen) atoms. The molecule has 7 heteroatoms. The molecule has 0 spiro atoms. The molecule has 2 rings (SSSR count). The predicted octanol–water partition coefficient (Wildman–Crippen LogP) is 0.727. The van der Waals surface area contributed by atoms with Crippen LogP contribution in [0.25, 0.3) is 0 Å². The van der Waals surface area contributed by atoms with Gasteiger partial charge in [-0.2, -0.15) is 0 Å². The van der Waals surface area contributed by atoms with Gasteiger partial charge in [-0.1, -0.05) is 18.2 Å². The minimum atomic E-state index is -0.853. The van der Waals surface area contributed by atoms with Gasteiger partial charge in [-0.05, 0) is 12.5 Å². The zero-order chi connectivity index (χ0) is 14.5. The van der Waals surface area contributed by atoms with Gasteiger partial charge >= 0.3 is 18.0 Å². The summed E-state index contributed by atoms with van der Waals surface area (Å²) < 4.78 is 9.38. The molecule has 1 amide bonds. The number of anilines is 1. The van der Waals surface area contributed by atoms with E-state index in [4.69, 9.17) is 10.5 Å². The molecular formula is C13H14N2O5. The number of nitrogens with one attached hydrogen (secondary N) is 1. The monoisotopic (exact) mass is 278 g/mol. The van der Waals surface area contributed by atoms with E-state index in [-0.39, 0.29) is 19.4 Å². The first kappa shape index (κ1) is 13.9. The van der Waals surface area contributed by atoms with Gasteiger partial charge in [0.15, 0.2) is 0 Å². The van der Waals surface area contributed by atoms with Crippen LogP contribution in [0.2, 0.25) is 0 Å². The van der Waals surface area contributed by atoms with Crippen molar-refractivity contribution < 1.29 is 23.9 Å². The first-order chi connectivity index (χ1) is 9.56. The summed E-state index contributed by atoms with van der Waals surface area (Å²) in [5.74, 6) is -1.35. The third kappa shape index (κ3) is 3.47. The highest BCUT2D eigenvalue weighted by Crippen LogP contribution is 2.12. The van der Waals surface area contributed by atoms with Gasteiger partial charge in [0.25, 0.3) is 0 Å². The van der Waals surface area contributed by atoms with Crippen molar-refractivity contribution in [3.05, 3.63) is 29.8 Å². The molecule has 3 N–H and O–H groups in total. The van der Waals surface area contributed by atoms with E-state index in [1.807, 2.05) is 0 Å². The van der Waals surface area contributed by atoms with Gasteiger partial charge < -0.3 is 20.5 Å². The Labute approximate surface area is 115 Å². The van der Waals surface area contributed by atoms with Gasteiger partial charge in [-0.3, -0.25) is 4.79 Å². The summed E-state index contributed by atoms with van der Waals surface area (Å²) in [6.07, 6.45) is -0.465. The lowest BCUT2D eigenvalue weighted by Crippen LogP contribution is -2.45. The molecular weight excluding hydrogens is 264 g/mol. The van der Waals surface area contributed by atoms with Crippen LogP contribution in [0.5, 0.6) is 0 Å². The number of para-hydroxylation sites is 1. The third-order valence-corrected chi connectivity index (χ3v) is 2.84. The maximum absolute atomic E-state index is 11.6. The molecule has 0 aromatic heterocycles. The van der Waals surface area contributed by atoms with Crippen LogP contribution in [0.4, 0.5) is 10.5 Å². The largest absolute Gasteiger partial charge is 0.445 e. The lowest BCUT2D eigenvalue weighted by atomic mass is 10.1. The van der Waals surface area contributed by atoms with Crippen molar-refractivity contribution in [1.29, 1.82) is 0 Å². The zero-order valence-electron chi connectivity index (χ0n) is 10.6. The van der Waals surface area contributed by atoms with E-state index in [1.165, 1.54) is 0 Å². The predicted molar refractivity (Wildman–Crippen MR) is 68.3 cm³/mol. The molecule has 1 fully saturated rings. The van der Waals surface area contributed by atoms with E-state index in [9.17, 15) is 14.4 Å². The van der Waals surface area contributed by atoms with Gasteiger partial charge in [0, 0.05) is 17.7 Å². The van der Waals surface area contributed by atoms with Crippen molar-refractivity contribution in [2.75, 3.05) is 5.73 Å². The van der Waals surface area contributed by atoms with E-state index in [1.54, 1.807) is 24.3 Å². The molecule has 106 valence electrons. The first-order valence-electron chi connectivity index (χ1n) is 6.07. The number of benzene rings is 1. The van der Waals surface area contributed by atoms with E-state index in [0.29, 0.717) is 11.3 Å². The fraction of sp³-hybridized carbons (Fsp3) is 0.308. The lowest BCUT2D eigenvalue weighted by molar-refractivity contribution is -0.165. The van der Waals surface area contributed by atoms with Crippen LogP contribution in [0.1, 0.15) is 18.4 Å². The van der Waals surface area contributed by atoms with Gasteiger partial charge in [0.05, 0.1) is 0 Å². The van der Waals surface area contributed by atoms with Crippen LogP contribution in [-0.2, 0) is 25.7 Å². The van der Waals surface area contributed by atoms with Crippen molar-refractivity contribution in [3.8, 4) is 0 Å². The summed E-state index contributed by atoms with van der Waals surface area (Å²) in [4.78, 5) is 33.7. The Hall–Kier alpha value is -2.57. The second kappa shape index (κ2) is 6.05. The molecule has 1 aromatic rings. The maximum Gasteiger partial charge on any atom is 0.408 e. The molecule has 7 nitrogen and oxygen atoms in total. The lowest BCUT2D eigenvalue weighted by Gasteiger charge is -2.20. The fourth-order valence-corrected chi connectivity index (χ4v) is 1.74. The summed E-state index contributed by atoms with van der Waals surface area (Å²) in [5, 5.41) is 2.35. The highest BCUT2D eigenvalue weighted by atomic mass is 16.6. The minimum absolute atomic E-state index is 0.000789. The Balaban J connectivity index is 1.83. The number of nitrogen functional groups attached to an aromatic ring is 1. The average molecular weight is 278 g/mol. The van der Waals surface area contributed by atoms with E-state index >= 15 is 0 Å². The van der Waals surface area contributed by atoms with Gasteiger partial charge in [0.1, 0.15) is 12.6 Å². The highest BCUT2D eigenvalue weighted by molar-refractivity contribution is 5.92. The second-order valence-electron chi connectivity index (χ2n) is 4.30. The van der Waals surface area contributed by atoms with Gasteiger partial charge in [-0.15, -0.1) is 0 Å². The summed E-state index contributed by atoms with van der Waals surface area (Å²) in [5.41, 5.74) is 6.89. The molecule has 0 radical (unpaired) electrons. The zero-order valence-corrected chi connectivity index (χ0v) is 10.6. The van der Waals surface area contributed by atoms with Crippen LogP contribution in [0.3, 0.4) is 0 Å². The van der Waals surface area contributed by atoms with Gasteiger partial charge in [-0.25, -0.2) is 9.59 Å². The topological polar surface area (TPSA) is 108 Å². The number of esters is 2. The molecule has 1 aliphatic rings. The number of carbonyl (C=O) groups is 3. The second-order valence-corrected chi connectivity index (χ2v) is 4.30. The van der Waals surface area contributed by atoms with Crippen molar-refractivity contribution in [1.82, 2.24) is 5.32 Å². The highest BCUT2D eigenvalue weighted by Gasteiger charge is 2.30. The minimum Gasteiger partial charge on any atom is -0.445 e. The SMILES string of the molecule is Nc1ccccc1COC(=O)N[C@H]1CCC(=O)OC1=O. The maximum atomic E-state index is 11.6. The van der Waals surface area contributed by atoms with Crippen molar-refractivity contribution in [2.24, 2.45) is 0 Å². The molecule has 0 unspecified atom stereocenters. The normalized spacial score (nSPS) is 18.3. The Morgan fingerprint density at radius 1 is 1.40 bits per heavy atom. The molecule has 1 saturated heterocycles. The Morgan fingerprint density at radius 3 is 2.85 bits per heavy atom. The number of amides is 1. The molecule has 1 aliphatic heterocycles. The quantitative estimate of drug-likeness (QED) is 0.479. The molecule has 1 aromatic carbocycles.